The fraction of sp³-hybridized carbons (Fsp3) is 0.364. The van der Waals surface area contributed by atoms with Gasteiger partial charge in [-0.3, -0.25) is 4.79 Å². The van der Waals surface area contributed by atoms with Gasteiger partial charge >= 0.3 is 0 Å². The van der Waals surface area contributed by atoms with Crippen molar-refractivity contribution in [2.75, 3.05) is 0 Å². The molecule has 2 nitrogen and oxygen atoms in total. The van der Waals surface area contributed by atoms with Gasteiger partial charge < -0.3 is 4.74 Å². The van der Waals surface area contributed by atoms with E-state index in [0.717, 1.165) is 5.56 Å². The first-order valence-corrected chi connectivity index (χ1v) is 5.52. The average Bonchev–Trinajstić information content (AvgIpc) is 2.16. The van der Waals surface area contributed by atoms with Gasteiger partial charge in [0.2, 0.25) is 5.12 Å². The highest BCUT2D eigenvalue weighted by molar-refractivity contribution is 7.96. The molecule has 1 aromatic carbocycles. The Kier molecular flexibility index (Phi) is 4.48. The van der Waals surface area contributed by atoms with Gasteiger partial charge in [0, 0.05) is 5.02 Å². The normalized spacial score (nSPS) is 12.3. The summed E-state index contributed by atoms with van der Waals surface area (Å²) in [7, 11) is 0. The summed E-state index contributed by atoms with van der Waals surface area (Å²) in [5.74, 6) is 0.675. The molecule has 82 valence electrons. The summed E-state index contributed by atoms with van der Waals surface area (Å²) in [5, 5.41) is 0.400. The highest BCUT2D eigenvalue weighted by atomic mass is 35.5. The van der Waals surface area contributed by atoms with E-state index < -0.39 is 6.10 Å². The van der Waals surface area contributed by atoms with Gasteiger partial charge in [-0.25, -0.2) is 0 Å². The van der Waals surface area contributed by atoms with Gasteiger partial charge in [-0.2, -0.15) is 0 Å². The Morgan fingerprint density at radius 2 is 2.27 bits per heavy atom. The van der Waals surface area contributed by atoms with Crippen LogP contribution in [0, 0.1) is 6.92 Å². The van der Waals surface area contributed by atoms with E-state index in [0.29, 0.717) is 17.2 Å². The second kappa shape index (κ2) is 5.42. The van der Waals surface area contributed by atoms with Crippen LogP contribution < -0.4 is 4.74 Å². The van der Waals surface area contributed by atoms with Crippen molar-refractivity contribution >= 4 is 29.3 Å². The van der Waals surface area contributed by atoms with Crippen LogP contribution in [0.2, 0.25) is 5.02 Å². The maximum Gasteiger partial charge on any atom is 0.226 e. The predicted octanol–water partition coefficient (Wildman–Crippen LogP) is 3.26. The molecule has 0 aromatic heterocycles. The van der Waals surface area contributed by atoms with Crippen LogP contribution >= 0.6 is 24.2 Å². The largest absolute Gasteiger partial charge is 0.481 e. The monoisotopic (exact) mass is 244 g/mol. The van der Waals surface area contributed by atoms with Crippen molar-refractivity contribution in [3.8, 4) is 5.75 Å². The van der Waals surface area contributed by atoms with Crippen molar-refractivity contribution in [1.29, 1.82) is 0 Å². The molecule has 0 spiro atoms. The molecule has 1 atom stereocenters. The van der Waals surface area contributed by atoms with Gasteiger partial charge in [0.05, 0.1) is 0 Å². The van der Waals surface area contributed by atoms with Gasteiger partial charge in [0.25, 0.3) is 0 Å². The van der Waals surface area contributed by atoms with E-state index >= 15 is 0 Å². The molecule has 0 aliphatic carbocycles. The molecule has 0 aliphatic heterocycles. The molecule has 0 fully saturated rings. The summed E-state index contributed by atoms with van der Waals surface area (Å²) < 4.78 is 5.53. The Bertz CT molecular complexity index is 366. The molecular weight excluding hydrogens is 232 g/mol. The molecule has 0 saturated heterocycles. The Hall–Kier alpha value is -0.670. The first-order chi connectivity index (χ1) is 7.04. The van der Waals surface area contributed by atoms with Crippen molar-refractivity contribution in [3.63, 3.8) is 0 Å². The van der Waals surface area contributed by atoms with Crippen LogP contribution in [-0.2, 0) is 4.79 Å². The number of hydrogen-bond donors (Lipinski definition) is 1. The molecule has 15 heavy (non-hydrogen) atoms. The Balaban J connectivity index is 2.84. The quantitative estimate of drug-likeness (QED) is 0.823. The first kappa shape index (κ1) is 12.4. The molecule has 0 heterocycles. The minimum absolute atomic E-state index is 0.258. The lowest BCUT2D eigenvalue weighted by atomic mass is 10.2. The smallest absolute Gasteiger partial charge is 0.226 e. The first-order valence-electron chi connectivity index (χ1n) is 4.70. The van der Waals surface area contributed by atoms with Crippen LogP contribution in [-0.4, -0.2) is 11.2 Å². The maximum atomic E-state index is 11.1. The second-order valence-corrected chi connectivity index (χ2v) is 4.14. The Morgan fingerprint density at radius 3 is 2.73 bits per heavy atom. The summed E-state index contributed by atoms with van der Waals surface area (Å²) in [4.78, 5) is 11.1. The van der Waals surface area contributed by atoms with Gasteiger partial charge in [-0.1, -0.05) is 18.5 Å². The van der Waals surface area contributed by atoms with E-state index in [4.69, 9.17) is 16.3 Å². The number of thiol groups is 1. The van der Waals surface area contributed by atoms with E-state index in [1.165, 1.54) is 0 Å². The number of rotatable bonds is 4. The lowest BCUT2D eigenvalue weighted by Gasteiger charge is -2.15. The summed E-state index contributed by atoms with van der Waals surface area (Å²) in [5.41, 5.74) is 0.913. The van der Waals surface area contributed by atoms with Crippen molar-refractivity contribution in [1.82, 2.24) is 0 Å². The summed E-state index contributed by atoms with van der Waals surface area (Å²) in [6, 6.07) is 5.29. The Morgan fingerprint density at radius 1 is 1.60 bits per heavy atom. The van der Waals surface area contributed by atoms with Crippen LogP contribution in [0.5, 0.6) is 5.75 Å². The lowest BCUT2D eigenvalue weighted by Crippen LogP contribution is -2.22. The van der Waals surface area contributed by atoms with Gasteiger partial charge in [-0.05, 0) is 37.1 Å². The van der Waals surface area contributed by atoms with Crippen LogP contribution in [0.3, 0.4) is 0 Å². The van der Waals surface area contributed by atoms with E-state index in [-0.39, 0.29) is 5.12 Å². The number of carbonyl (C=O) groups excluding carboxylic acids is 1. The topological polar surface area (TPSA) is 26.3 Å². The highest BCUT2D eigenvalue weighted by Gasteiger charge is 2.15. The summed E-state index contributed by atoms with van der Waals surface area (Å²) in [6.07, 6.45) is 0.109. The lowest BCUT2D eigenvalue weighted by molar-refractivity contribution is -0.117. The molecule has 0 saturated carbocycles. The molecule has 0 amide bonds. The molecule has 1 unspecified atom stereocenters. The number of aryl methyl sites for hydroxylation is 1. The van der Waals surface area contributed by atoms with Gasteiger partial charge in [-0.15, -0.1) is 12.6 Å². The third-order valence-electron chi connectivity index (χ3n) is 2.05. The molecule has 0 aliphatic rings. The molecular formula is C11H13ClO2S. The molecule has 0 N–H and O–H groups in total. The number of ether oxygens (including phenoxy) is 1. The average molecular weight is 245 g/mol. The minimum atomic E-state index is -0.492. The molecule has 0 radical (unpaired) electrons. The molecule has 1 aromatic rings. The molecule has 1 rings (SSSR count). The van der Waals surface area contributed by atoms with Crippen LogP contribution in [0.4, 0.5) is 0 Å². The van der Waals surface area contributed by atoms with Crippen molar-refractivity contribution in [3.05, 3.63) is 28.8 Å². The predicted molar refractivity (Wildman–Crippen MR) is 64.9 cm³/mol. The zero-order valence-electron chi connectivity index (χ0n) is 8.66. The highest BCUT2D eigenvalue weighted by Crippen LogP contribution is 2.23. The molecule has 0 bridgehead atoms. The second-order valence-electron chi connectivity index (χ2n) is 3.26. The number of benzene rings is 1. The third kappa shape index (κ3) is 3.43. The van der Waals surface area contributed by atoms with Gasteiger partial charge in [0.1, 0.15) is 5.75 Å². The number of hydrogen-bond acceptors (Lipinski definition) is 2. The van der Waals surface area contributed by atoms with Crippen molar-refractivity contribution in [2.24, 2.45) is 0 Å². The van der Waals surface area contributed by atoms with Crippen molar-refractivity contribution in [2.45, 2.75) is 26.4 Å². The zero-order chi connectivity index (χ0) is 11.4. The van der Waals surface area contributed by atoms with E-state index in [1.807, 2.05) is 13.8 Å². The summed E-state index contributed by atoms with van der Waals surface area (Å²) in [6.45, 7) is 3.76. The number of halogens is 1. The fourth-order valence-electron chi connectivity index (χ4n) is 1.21. The standard InChI is InChI=1S/C11H13ClO2S/c1-3-9(11(13)15)14-10-5-4-8(12)6-7(10)2/h4-6,9H,3H2,1-2H3,(H,13,15). The Labute approximate surface area is 100.0 Å². The van der Waals surface area contributed by atoms with Crippen LogP contribution in [0.25, 0.3) is 0 Å². The summed E-state index contributed by atoms with van der Waals surface area (Å²) >= 11 is 9.58. The SMILES string of the molecule is CCC(Oc1ccc(Cl)cc1C)C(=O)S. The zero-order valence-corrected chi connectivity index (χ0v) is 10.3. The van der Waals surface area contributed by atoms with Crippen LogP contribution in [0.15, 0.2) is 18.2 Å². The minimum Gasteiger partial charge on any atom is -0.481 e. The van der Waals surface area contributed by atoms with E-state index in [9.17, 15) is 4.79 Å². The third-order valence-corrected chi connectivity index (χ3v) is 2.58. The van der Waals surface area contributed by atoms with E-state index in [1.54, 1.807) is 18.2 Å². The van der Waals surface area contributed by atoms with Crippen molar-refractivity contribution < 1.29 is 9.53 Å². The number of carbonyl (C=O) groups is 1. The fourth-order valence-corrected chi connectivity index (χ4v) is 1.67. The molecule has 4 heteroatoms. The van der Waals surface area contributed by atoms with Gasteiger partial charge in [0.15, 0.2) is 6.10 Å². The van der Waals surface area contributed by atoms with E-state index in [2.05, 4.69) is 12.6 Å². The van der Waals surface area contributed by atoms with Crippen LogP contribution in [0.1, 0.15) is 18.9 Å². The maximum absolute atomic E-state index is 11.1.